The van der Waals surface area contributed by atoms with Gasteiger partial charge >= 0.3 is 0 Å². The van der Waals surface area contributed by atoms with Crippen LogP contribution in [-0.2, 0) is 6.54 Å². The Bertz CT molecular complexity index is 439. The van der Waals surface area contributed by atoms with Crippen molar-refractivity contribution in [2.75, 3.05) is 13.1 Å². The van der Waals surface area contributed by atoms with E-state index < -0.39 is 0 Å². The molecule has 2 nitrogen and oxygen atoms in total. The fourth-order valence-corrected chi connectivity index (χ4v) is 2.92. The second-order valence-electron chi connectivity index (χ2n) is 4.44. The first kappa shape index (κ1) is 13.3. The van der Waals surface area contributed by atoms with Crippen molar-refractivity contribution in [3.05, 3.63) is 58.3 Å². The van der Waals surface area contributed by atoms with Crippen LogP contribution in [-0.4, -0.2) is 18.0 Å². The van der Waals surface area contributed by atoms with Gasteiger partial charge in [0.15, 0.2) is 0 Å². The van der Waals surface area contributed by atoms with Crippen molar-refractivity contribution in [2.45, 2.75) is 19.5 Å². The number of nitrogens with two attached hydrogens (primary N) is 1. The molecule has 0 amide bonds. The molecule has 0 radical (unpaired) electrons. The van der Waals surface area contributed by atoms with Crippen LogP contribution in [0.15, 0.2) is 47.8 Å². The molecule has 96 valence electrons. The smallest absolute Gasteiger partial charge is 0.0417 e. The van der Waals surface area contributed by atoms with E-state index in [0.29, 0.717) is 12.6 Å². The summed E-state index contributed by atoms with van der Waals surface area (Å²) in [5.41, 5.74) is 7.08. The summed E-state index contributed by atoms with van der Waals surface area (Å²) in [5, 5.41) is 2.13. The van der Waals surface area contributed by atoms with Crippen LogP contribution in [0, 0.1) is 0 Å². The van der Waals surface area contributed by atoms with Gasteiger partial charge in [-0.05, 0) is 23.9 Å². The zero-order chi connectivity index (χ0) is 12.8. The fraction of sp³-hybridized carbons (Fsp3) is 0.333. The second-order valence-corrected chi connectivity index (χ2v) is 5.42. The van der Waals surface area contributed by atoms with Crippen molar-refractivity contribution in [1.29, 1.82) is 0 Å². The first-order chi connectivity index (χ1) is 8.81. The lowest BCUT2D eigenvalue weighted by Crippen LogP contribution is -2.31. The van der Waals surface area contributed by atoms with E-state index in [9.17, 15) is 0 Å². The molecular weight excluding hydrogens is 240 g/mol. The van der Waals surface area contributed by atoms with Crippen LogP contribution in [0.4, 0.5) is 0 Å². The van der Waals surface area contributed by atoms with E-state index in [4.69, 9.17) is 5.73 Å². The predicted molar refractivity (Wildman–Crippen MR) is 78.6 cm³/mol. The maximum absolute atomic E-state index is 5.74. The largest absolute Gasteiger partial charge is 0.329 e. The molecule has 1 unspecified atom stereocenters. The van der Waals surface area contributed by atoms with Gasteiger partial charge in [-0.1, -0.05) is 36.4 Å². The van der Waals surface area contributed by atoms with Crippen molar-refractivity contribution >= 4 is 11.3 Å². The van der Waals surface area contributed by atoms with Crippen LogP contribution >= 0.6 is 11.3 Å². The Hall–Kier alpha value is -1.16. The van der Waals surface area contributed by atoms with Crippen molar-refractivity contribution in [2.24, 2.45) is 5.73 Å². The molecule has 1 atom stereocenters. The maximum atomic E-state index is 5.74. The second kappa shape index (κ2) is 6.69. The molecule has 2 aromatic rings. The number of nitrogens with zero attached hydrogens (tertiary/aromatic N) is 1. The molecule has 0 spiro atoms. The molecule has 0 bridgehead atoms. The Balaban J connectivity index is 2.08. The van der Waals surface area contributed by atoms with E-state index in [1.807, 2.05) is 11.3 Å². The molecule has 1 heterocycles. The Morgan fingerprint density at radius 2 is 1.94 bits per heavy atom. The Morgan fingerprint density at radius 3 is 2.56 bits per heavy atom. The highest BCUT2D eigenvalue weighted by molar-refractivity contribution is 7.10. The van der Waals surface area contributed by atoms with Crippen molar-refractivity contribution in [1.82, 2.24) is 4.90 Å². The Morgan fingerprint density at radius 1 is 1.17 bits per heavy atom. The average Bonchev–Trinajstić information content (AvgIpc) is 2.92. The van der Waals surface area contributed by atoms with Gasteiger partial charge in [-0.15, -0.1) is 11.3 Å². The van der Waals surface area contributed by atoms with Crippen LogP contribution in [0.1, 0.15) is 23.4 Å². The summed E-state index contributed by atoms with van der Waals surface area (Å²) in [6.07, 6.45) is 0. The topological polar surface area (TPSA) is 29.3 Å². The molecule has 0 aliphatic carbocycles. The first-order valence-electron chi connectivity index (χ1n) is 6.32. The summed E-state index contributed by atoms with van der Waals surface area (Å²) < 4.78 is 0. The normalized spacial score (nSPS) is 12.8. The zero-order valence-electron chi connectivity index (χ0n) is 10.8. The van der Waals surface area contributed by atoms with Crippen molar-refractivity contribution in [3.63, 3.8) is 0 Å². The van der Waals surface area contributed by atoms with E-state index in [1.54, 1.807) is 0 Å². The monoisotopic (exact) mass is 260 g/mol. The lowest BCUT2D eigenvalue weighted by molar-refractivity contribution is 0.210. The molecule has 1 aromatic carbocycles. The van der Waals surface area contributed by atoms with Crippen LogP contribution in [0.2, 0.25) is 0 Å². The van der Waals surface area contributed by atoms with Gasteiger partial charge in [-0.2, -0.15) is 0 Å². The van der Waals surface area contributed by atoms with Gasteiger partial charge < -0.3 is 5.73 Å². The molecule has 1 aromatic heterocycles. The van der Waals surface area contributed by atoms with E-state index in [0.717, 1.165) is 13.1 Å². The third-order valence-electron chi connectivity index (χ3n) is 3.15. The predicted octanol–water partition coefficient (Wildman–Crippen LogP) is 3.27. The summed E-state index contributed by atoms with van der Waals surface area (Å²) in [5.74, 6) is 0. The highest BCUT2D eigenvalue weighted by Crippen LogP contribution is 2.25. The van der Waals surface area contributed by atoms with Crippen molar-refractivity contribution < 1.29 is 0 Å². The molecule has 0 aliphatic rings. The standard InChI is InChI=1S/C15H20N2S/c1-13(15-8-5-11-18-15)17(10-9-16)12-14-6-3-2-4-7-14/h2-8,11,13H,9-10,12,16H2,1H3. The van der Waals surface area contributed by atoms with Crippen LogP contribution < -0.4 is 5.73 Å². The van der Waals surface area contributed by atoms with E-state index in [-0.39, 0.29) is 0 Å². The summed E-state index contributed by atoms with van der Waals surface area (Å²) in [7, 11) is 0. The maximum Gasteiger partial charge on any atom is 0.0417 e. The minimum atomic E-state index is 0.425. The van der Waals surface area contributed by atoms with Crippen LogP contribution in [0.25, 0.3) is 0 Å². The van der Waals surface area contributed by atoms with E-state index >= 15 is 0 Å². The molecule has 2 rings (SSSR count). The SMILES string of the molecule is CC(c1cccs1)N(CCN)Cc1ccccc1. The minimum Gasteiger partial charge on any atom is -0.329 e. The van der Waals surface area contributed by atoms with E-state index in [1.165, 1.54) is 10.4 Å². The minimum absolute atomic E-state index is 0.425. The number of hydrogen-bond donors (Lipinski definition) is 1. The number of benzene rings is 1. The van der Waals surface area contributed by atoms with Crippen molar-refractivity contribution in [3.8, 4) is 0 Å². The molecule has 18 heavy (non-hydrogen) atoms. The Labute approximate surface area is 113 Å². The third kappa shape index (κ3) is 3.42. The highest BCUT2D eigenvalue weighted by Gasteiger charge is 2.16. The first-order valence-corrected chi connectivity index (χ1v) is 7.20. The molecule has 2 N–H and O–H groups in total. The van der Waals surface area contributed by atoms with Gasteiger partial charge in [0.05, 0.1) is 0 Å². The van der Waals surface area contributed by atoms with E-state index in [2.05, 4.69) is 59.7 Å². The summed E-state index contributed by atoms with van der Waals surface area (Å²) in [6.45, 7) is 4.83. The van der Waals surface area contributed by atoms with Gasteiger partial charge in [0.2, 0.25) is 0 Å². The zero-order valence-corrected chi connectivity index (χ0v) is 11.6. The summed E-state index contributed by atoms with van der Waals surface area (Å²) in [4.78, 5) is 3.83. The molecule has 0 aliphatic heterocycles. The van der Waals surface area contributed by atoms with Gasteiger partial charge in [0.1, 0.15) is 0 Å². The van der Waals surface area contributed by atoms with Gasteiger partial charge in [0.25, 0.3) is 0 Å². The Kier molecular flexibility index (Phi) is 4.93. The summed E-state index contributed by atoms with van der Waals surface area (Å²) in [6, 6.07) is 15.3. The highest BCUT2D eigenvalue weighted by atomic mass is 32.1. The molecule has 0 saturated heterocycles. The van der Waals surface area contributed by atoms with Gasteiger partial charge in [-0.25, -0.2) is 0 Å². The van der Waals surface area contributed by atoms with Crippen LogP contribution in [0.5, 0.6) is 0 Å². The quantitative estimate of drug-likeness (QED) is 0.863. The van der Waals surface area contributed by atoms with Gasteiger partial charge in [-0.3, -0.25) is 4.90 Å². The van der Waals surface area contributed by atoms with Crippen LogP contribution in [0.3, 0.4) is 0 Å². The molecule has 0 fully saturated rings. The number of rotatable bonds is 6. The lowest BCUT2D eigenvalue weighted by atomic mass is 10.1. The molecule has 3 heteroatoms. The number of hydrogen-bond acceptors (Lipinski definition) is 3. The third-order valence-corrected chi connectivity index (χ3v) is 4.19. The summed E-state index contributed by atoms with van der Waals surface area (Å²) >= 11 is 1.81. The average molecular weight is 260 g/mol. The fourth-order valence-electron chi connectivity index (χ4n) is 2.10. The number of thiophene rings is 1. The molecular formula is C15H20N2S. The lowest BCUT2D eigenvalue weighted by Gasteiger charge is -2.28. The van der Waals surface area contributed by atoms with Gasteiger partial charge in [0, 0.05) is 30.6 Å². The molecule has 0 saturated carbocycles.